The molecule has 152 valence electrons. The molecule has 0 saturated carbocycles. The number of amides is 3. The number of hydrogen-bond acceptors (Lipinski definition) is 5. The predicted molar refractivity (Wildman–Crippen MR) is 108 cm³/mol. The number of fused-ring (bicyclic) bond motifs is 1. The van der Waals surface area contributed by atoms with Gasteiger partial charge in [-0.25, -0.2) is 4.79 Å². The quantitative estimate of drug-likeness (QED) is 0.530. The number of carbonyl (C=O) groups is 2. The van der Waals surface area contributed by atoms with Crippen LogP contribution in [0.15, 0.2) is 24.3 Å². The van der Waals surface area contributed by atoms with E-state index in [1.54, 1.807) is 12.0 Å². The second kappa shape index (κ2) is 8.39. The van der Waals surface area contributed by atoms with Crippen LogP contribution < -0.4 is 9.64 Å². The monoisotopic (exact) mass is 386 g/mol. The van der Waals surface area contributed by atoms with Gasteiger partial charge in [0.15, 0.2) is 0 Å². The van der Waals surface area contributed by atoms with Crippen molar-refractivity contribution in [3.05, 3.63) is 24.3 Å². The van der Waals surface area contributed by atoms with E-state index in [0.29, 0.717) is 6.54 Å². The van der Waals surface area contributed by atoms with E-state index in [4.69, 9.17) is 4.74 Å². The van der Waals surface area contributed by atoms with Gasteiger partial charge in [-0.1, -0.05) is 12.1 Å². The van der Waals surface area contributed by atoms with E-state index in [9.17, 15) is 9.59 Å². The number of ether oxygens (including phenoxy) is 1. The maximum absolute atomic E-state index is 12.4. The van der Waals surface area contributed by atoms with E-state index in [1.807, 2.05) is 12.1 Å². The molecular formula is C21H30N4O3. The number of hydrogen-bond donors (Lipinski definition) is 0. The second-order valence-corrected chi connectivity index (χ2v) is 7.83. The van der Waals surface area contributed by atoms with E-state index in [1.165, 1.54) is 4.90 Å². The summed E-state index contributed by atoms with van der Waals surface area (Å²) < 4.78 is 5.48. The number of benzene rings is 1. The van der Waals surface area contributed by atoms with E-state index in [-0.39, 0.29) is 18.0 Å². The Morgan fingerprint density at radius 1 is 1.00 bits per heavy atom. The minimum atomic E-state index is -0.171. The molecule has 0 N–H and O–H groups in total. The van der Waals surface area contributed by atoms with Gasteiger partial charge in [0.25, 0.3) is 5.91 Å². The summed E-state index contributed by atoms with van der Waals surface area (Å²) in [5, 5.41) is 0. The largest absolute Gasteiger partial charge is 0.495 e. The smallest absolute Gasteiger partial charge is 0.327 e. The summed E-state index contributed by atoms with van der Waals surface area (Å²) in [7, 11) is 1.72. The van der Waals surface area contributed by atoms with Crippen LogP contribution in [0, 0.1) is 0 Å². The number of piperazine rings is 1. The molecule has 3 fully saturated rings. The molecule has 1 aromatic rings. The maximum Gasteiger partial charge on any atom is 0.327 e. The average Bonchev–Trinajstić information content (AvgIpc) is 3.30. The van der Waals surface area contributed by atoms with Gasteiger partial charge in [-0.3, -0.25) is 14.6 Å². The molecule has 0 aliphatic carbocycles. The first kappa shape index (κ1) is 19.1. The highest BCUT2D eigenvalue weighted by atomic mass is 16.5. The number of unbranched alkanes of at least 4 members (excludes halogenated alkanes) is 1. The lowest BCUT2D eigenvalue weighted by molar-refractivity contribution is -0.128. The van der Waals surface area contributed by atoms with E-state index in [2.05, 4.69) is 21.9 Å². The number of para-hydroxylation sites is 2. The Balaban J connectivity index is 1.18. The fourth-order valence-corrected chi connectivity index (χ4v) is 4.60. The molecule has 3 heterocycles. The Labute approximate surface area is 166 Å². The molecule has 7 nitrogen and oxygen atoms in total. The molecular weight excluding hydrogens is 356 g/mol. The van der Waals surface area contributed by atoms with Gasteiger partial charge in [0.2, 0.25) is 0 Å². The zero-order valence-corrected chi connectivity index (χ0v) is 16.7. The molecule has 3 aliphatic heterocycles. The number of rotatable bonds is 7. The molecule has 28 heavy (non-hydrogen) atoms. The first-order chi connectivity index (χ1) is 13.7. The standard InChI is InChI=1S/C21H30N4O3/c1-28-19-9-3-2-7-17(19)23-15-13-22(14-16-23)10-4-5-11-25-20(26)18-8-6-12-24(18)21(25)27/h2-3,7,9,18H,4-6,8,10-16H2,1H3/t18-/m1/s1. The van der Waals surface area contributed by atoms with Gasteiger partial charge in [0.05, 0.1) is 12.8 Å². The van der Waals surface area contributed by atoms with Crippen LogP contribution in [0.2, 0.25) is 0 Å². The van der Waals surface area contributed by atoms with Crippen molar-refractivity contribution in [2.24, 2.45) is 0 Å². The molecule has 0 spiro atoms. The Hall–Kier alpha value is -2.28. The third kappa shape index (κ3) is 3.68. The zero-order valence-electron chi connectivity index (χ0n) is 16.7. The Kier molecular flexibility index (Phi) is 5.71. The number of anilines is 1. The Bertz CT molecular complexity index is 695. The molecule has 3 amide bonds. The van der Waals surface area contributed by atoms with Crippen LogP contribution in [0.25, 0.3) is 0 Å². The van der Waals surface area contributed by atoms with Crippen molar-refractivity contribution < 1.29 is 14.3 Å². The molecule has 0 bridgehead atoms. The topological polar surface area (TPSA) is 56.3 Å². The van der Waals surface area contributed by atoms with Crippen LogP contribution in [-0.2, 0) is 4.79 Å². The summed E-state index contributed by atoms with van der Waals surface area (Å²) in [6, 6.07) is 7.93. The molecule has 4 rings (SSSR count). The van der Waals surface area contributed by atoms with Gasteiger partial charge in [-0.2, -0.15) is 0 Å². The number of nitrogens with zero attached hydrogens (tertiary/aromatic N) is 4. The fraction of sp³-hybridized carbons (Fsp3) is 0.619. The molecule has 1 aromatic carbocycles. The normalized spacial score (nSPS) is 22.9. The molecule has 3 aliphatic rings. The van der Waals surface area contributed by atoms with Gasteiger partial charge < -0.3 is 14.5 Å². The lowest BCUT2D eigenvalue weighted by Crippen LogP contribution is -2.46. The van der Waals surface area contributed by atoms with E-state index in [0.717, 1.165) is 76.4 Å². The summed E-state index contributed by atoms with van der Waals surface area (Å²) in [5.41, 5.74) is 1.16. The first-order valence-corrected chi connectivity index (χ1v) is 10.4. The highest BCUT2D eigenvalue weighted by molar-refractivity contribution is 6.04. The molecule has 7 heteroatoms. The minimum Gasteiger partial charge on any atom is -0.495 e. The highest BCUT2D eigenvalue weighted by Gasteiger charge is 2.46. The van der Waals surface area contributed by atoms with Gasteiger partial charge in [0, 0.05) is 39.3 Å². The molecule has 0 aromatic heterocycles. The van der Waals surface area contributed by atoms with Gasteiger partial charge in [-0.05, 0) is 44.4 Å². The van der Waals surface area contributed by atoms with Crippen molar-refractivity contribution >= 4 is 17.6 Å². The van der Waals surface area contributed by atoms with Crippen molar-refractivity contribution in [1.82, 2.24) is 14.7 Å². The Morgan fingerprint density at radius 2 is 1.75 bits per heavy atom. The highest BCUT2D eigenvalue weighted by Crippen LogP contribution is 2.29. The second-order valence-electron chi connectivity index (χ2n) is 7.83. The van der Waals surface area contributed by atoms with Crippen LogP contribution >= 0.6 is 0 Å². The van der Waals surface area contributed by atoms with Crippen LogP contribution in [0.1, 0.15) is 25.7 Å². The number of urea groups is 1. The van der Waals surface area contributed by atoms with Crippen molar-refractivity contribution in [1.29, 1.82) is 0 Å². The summed E-state index contributed by atoms with van der Waals surface area (Å²) in [4.78, 5) is 32.7. The lowest BCUT2D eigenvalue weighted by Gasteiger charge is -2.36. The van der Waals surface area contributed by atoms with Crippen molar-refractivity contribution in [2.45, 2.75) is 31.7 Å². The van der Waals surface area contributed by atoms with Crippen molar-refractivity contribution in [3.8, 4) is 5.75 Å². The number of imide groups is 1. The summed E-state index contributed by atoms with van der Waals surface area (Å²) in [5.74, 6) is 0.948. The lowest BCUT2D eigenvalue weighted by atomic mass is 10.2. The van der Waals surface area contributed by atoms with Crippen LogP contribution in [0.4, 0.5) is 10.5 Å². The SMILES string of the molecule is COc1ccccc1N1CCN(CCCCN2C(=O)[C@H]3CCCN3C2=O)CC1. The third-order valence-corrected chi connectivity index (χ3v) is 6.18. The first-order valence-electron chi connectivity index (χ1n) is 10.4. The maximum atomic E-state index is 12.4. The van der Waals surface area contributed by atoms with Crippen molar-refractivity contribution in [2.75, 3.05) is 57.8 Å². The average molecular weight is 386 g/mol. The molecule has 1 atom stereocenters. The molecule has 0 unspecified atom stereocenters. The van der Waals surface area contributed by atoms with Crippen LogP contribution in [-0.4, -0.2) is 85.6 Å². The van der Waals surface area contributed by atoms with Gasteiger partial charge in [-0.15, -0.1) is 0 Å². The summed E-state index contributed by atoms with van der Waals surface area (Å²) in [6.45, 7) is 6.34. The zero-order chi connectivity index (χ0) is 19.5. The van der Waals surface area contributed by atoms with E-state index < -0.39 is 0 Å². The summed E-state index contributed by atoms with van der Waals surface area (Å²) >= 11 is 0. The van der Waals surface area contributed by atoms with Gasteiger partial charge in [0.1, 0.15) is 11.8 Å². The van der Waals surface area contributed by atoms with Gasteiger partial charge >= 0.3 is 6.03 Å². The summed E-state index contributed by atoms with van der Waals surface area (Å²) in [6.07, 6.45) is 3.68. The van der Waals surface area contributed by atoms with E-state index >= 15 is 0 Å². The third-order valence-electron chi connectivity index (χ3n) is 6.18. The minimum absolute atomic E-state index is 0.0212. The molecule has 3 saturated heterocycles. The van der Waals surface area contributed by atoms with Crippen LogP contribution in [0.5, 0.6) is 5.75 Å². The number of methoxy groups -OCH3 is 1. The van der Waals surface area contributed by atoms with Crippen LogP contribution in [0.3, 0.4) is 0 Å². The Morgan fingerprint density at radius 3 is 2.50 bits per heavy atom. The fourth-order valence-electron chi connectivity index (χ4n) is 4.60. The number of carbonyl (C=O) groups excluding carboxylic acids is 2. The van der Waals surface area contributed by atoms with Crippen molar-refractivity contribution in [3.63, 3.8) is 0 Å². The predicted octanol–water partition coefficient (Wildman–Crippen LogP) is 2.02. The molecule has 0 radical (unpaired) electrons.